The topological polar surface area (TPSA) is 118 Å². The van der Waals surface area contributed by atoms with Crippen LogP contribution in [0.5, 0.6) is 0 Å². The number of hydrogen-bond acceptors (Lipinski definition) is 16. The summed E-state index contributed by atoms with van der Waals surface area (Å²) in [5.41, 5.74) is 6.92. The predicted octanol–water partition coefficient (Wildman–Crippen LogP) is 13.8. The number of thioether (sulfide) groups is 1. The van der Waals surface area contributed by atoms with Gasteiger partial charge in [0.1, 0.15) is 24.4 Å². The molecule has 0 aromatic carbocycles. The minimum Gasteiger partial charge on any atom is -0.251 e. The molecule has 12 rings (SSSR count). The predicted molar refractivity (Wildman–Crippen MR) is 220 cm³/mol. The molecule has 8 heterocycles. The normalized spacial score (nSPS) is 25.2. The van der Waals surface area contributed by atoms with E-state index in [0.717, 1.165) is 104 Å². The maximum atomic E-state index is 10.2. The smallest absolute Gasteiger partial charge is 0.146 e. The van der Waals surface area contributed by atoms with Crippen molar-refractivity contribution >= 4 is 91.1 Å². The largest absolute Gasteiger partial charge is 0.251 e. The monoisotopic (exact) mass is 866 g/mol. The van der Waals surface area contributed by atoms with Crippen LogP contribution in [0.15, 0.2) is 42.5 Å². The van der Waals surface area contributed by atoms with Gasteiger partial charge in [-0.25, -0.2) is 19.6 Å². The Morgan fingerprint density at radius 2 is 0.852 bits per heavy atom. The highest BCUT2D eigenvalue weighted by Gasteiger charge is 2.49. The maximum absolute atomic E-state index is 10.2. The average molecular weight is 867 g/mol. The summed E-state index contributed by atoms with van der Waals surface area (Å²) in [6.45, 7) is 4.32. The Bertz CT molecular complexity index is 2680. The molecule has 54 heavy (non-hydrogen) atoms. The van der Waals surface area contributed by atoms with Crippen LogP contribution >= 0.6 is 91.1 Å². The van der Waals surface area contributed by atoms with E-state index < -0.39 is 18.3 Å². The zero-order valence-corrected chi connectivity index (χ0v) is 34.5. The van der Waals surface area contributed by atoms with Gasteiger partial charge in [-0.1, -0.05) is 6.92 Å². The van der Waals surface area contributed by atoms with E-state index >= 15 is 0 Å². The third-order valence-electron chi connectivity index (χ3n) is 11.3. The molecule has 0 bridgehead atoms. The molecule has 4 N–H and O–H groups in total. The first-order valence-electron chi connectivity index (χ1n) is 17.2. The molecule has 4 aliphatic carbocycles. The van der Waals surface area contributed by atoms with E-state index in [1.54, 1.807) is 79.4 Å². The van der Waals surface area contributed by atoms with E-state index in [4.69, 9.17) is 19.6 Å². The highest BCUT2D eigenvalue weighted by Crippen LogP contribution is 2.65. The fourth-order valence-electron chi connectivity index (χ4n) is 9.05. The van der Waals surface area contributed by atoms with E-state index in [-0.39, 0.29) is 6.10 Å². The SMILES string of the molecule is Cc1cc2c(s1)-c1sc(-c3cc4c(s3)-c3sc(-c5cc6c(s5)-c5sc(-c7cc8c(s7)C7SC(C)CC7C8OO)cc5C6OO)cc3C4OO)cc1C2OO. The van der Waals surface area contributed by atoms with Crippen LogP contribution < -0.4 is 0 Å². The van der Waals surface area contributed by atoms with Gasteiger partial charge >= 0.3 is 0 Å². The van der Waals surface area contributed by atoms with Crippen LogP contribution in [-0.2, 0) is 19.6 Å². The first kappa shape index (κ1) is 34.0. The summed E-state index contributed by atoms with van der Waals surface area (Å²) >= 11 is 14.0. The van der Waals surface area contributed by atoms with Crippen LogP contribution in [0.1, 0.15) is 91.7 Å². The molecular weight excluding hydrogens is 841 g/mol. The second-order valence-corrected chi connectivity index (χ2v) is 23.5. The molecule has 1 saturated heterocycles. The van der Waals surface area contributed by atoms with Crippen LogP contribution in [0, 0.1) is 12.8 Å². The van der Waals surface area contributed by atoms with Crippen molar-refractivity contribution in [3.63, 3.8) is 0 Å². The van der Waals surface area contributed by atoms with Crippen molar-refractivity contribution in [3.05, 3.63) is 91.2 Å². The Labute approximate surface area is 339 Å². The number of fused-ring (bicyclic) bond motifs is 12. The summed E-state index contributed by atoms with van der Waals surface area (Å²) in [7, 11) is 0. The molecule has 7 aromatic rings. The molecule has 0 amide bonds. The van der Waals surface area contributed by atoms with E-state index in [1.807, 2.05) is 11.8 Å². The van der Waals surface area contributed by atoms with Crippen molar-refractivity contribution in [2.45, 2.75) is 55.2 Å². The fourth-order valence-corrected chi connectivity index (χ4v) is 19.9. The first-order valence-corrected chi connectivity index (χ1v) is 23.8. The molecule has 0 spiro atoms. The summed E-state index contributed by atoms with van der Waals surface area (Å²) in [5, 5.41) is 40.9. The summed E-state index contributed by atoms with van der Waals surface area (Å²) in [6, 6.07) is 14.9. The van der Waals surface area contributed by atoms with Crippen LogP contribution in [0.25, 0.3) is 58.5 Å². The lowest BCUT2D eigenvalue weighted by Gasteiger charge is -2.15. The maximum Gasteiger partial charge on any atom is 0.146 e. The molecule has 8 nitrogen and oxygen atoms in total. The van der Waals surface area contributed by atoms with Gasteiger partial charge in [-0.2, -0.15) is 0 Å². The van der Waals surface area contributed by atoms with Crippen LogP contribution in [0.4, 0.5) is 0 Å². The third-order valence-corrected chi connectivity index (χ3v) is 22.1. The van der Waals surface area contributed by atoms with Crippen molar-refractivity contribution < 1.29 is 40.6 Å². The van der Waals surface area contributed by atoms with E-state index in [2.05, 4.69) is 56.3 Å². The van der Waals surface area contributed by atoms with Crippen molar-refractivity contribution in [2.75, 3.05) is 0 Å². The minimum atomic E-state index is -0.590. The van der Waals surface area contributed by atoms with Crippen molar-refractivity contribution in [3.8, 4) is 58.5 Å². The number of aryl methyl sites for hydroxylation is 1. The van der Waals surface area contributed by atoms with E-state index in [9.17, 15) is 21.0 Å². The van der Waals surface area contributed by atoms with Gasteiger partial charge in [-0.05, 0) is 55.8 Å². The van der Waals surface area contributed by atoms with Gasteiger partial charge in [0.15, 0.2) is 0 Å². The third kappa shape index (κ3) is 4.56. The Morgan fingerprint density at radius 1 is 0.481 bits per heavy atom. The average Bonchev–Trinajstić information content (AvgIpc) is 3.97. The lowest BCUT2D eigenvalue weighted by Crippen LogP contribution is -2.10. The van der Waals surface area contributed by atoms with Gasteiger partial charge in [-0.15, -0.1) is 91.1 Å². The summed E-state index contributed by atoms with van der Waals surface area (Å²) in [5.74, 6) is 0.307. The second-order valence-electron chi connectivity index (χ2n) is 14.3. The van der Waals surface area contributed by atoms with Crippen LogP contribution in [0.3, 0.4) is 0 Å². The van der Waals surface area contributed by atoms with Gasteiger partial charge in [0.05, 0.1) is 29.3 Å². The lowest BCUT2D eigenvalue weighted by molar-refractivity contribution is -0.291. The van der Waals surface area contributed by atoms with Gasteiger partial charge in [0, 0.05) is 94.4 Å². The van der Waals surface area contributed by atoms with Crippen molar-refractivity contribution in [1.29, 1.82) is 0 Å². The summed E-state index contributed by atoms with van der Waals surface area (Å²) in [4.78, 5) is 36.1. The molecule has 5 aliphatic rings. The highest BCUT2D eigenvalue weighted by molar-refractivity contribution is 8.00. The van der Waals surface area contributed by atoms with Gasteiger partial charge in [0.25, 0.3) is 0 Å². The molecule has 7 atom stereocenters. The molecule has 7 aromatic heterocycles. The Hall–Kier alpha value is -2.07. The molecule has 1 fully saturated rings. The molecule has 274 valence electrons. The van der Waals surface area contributed by atoms with Crippen molar-refractivity contribution in [1.82, 2.24) is 0 Å². The van der Waals surface area contributed by atoms with Crippen molar-refractivity contribution in [2.24, 2.45) is 5.92 Å². The molecule has 0 saturated carbocycles. The summed E-state index contributed by atoms with van der Waals surface area (Å²) < 4.78 is 0. The van der Waals surface area contributed by atoms with Gasteiger partial charge < -0.3 is 0 Å². The van der Waals surface area contributed by atoms with E-state index in [1.165, 1.54) is 9.75 Å². The molecule has 1 aliphatic heterocycles. The second kappa shape index (κ2) is 12.2. The molecular formula is C38H26O8S8. The van der Waals surface area contributed by atoms with Gasteiger partial charge in [-0.3, -0.25) is 21.0 Å². The minimum absolute atomic E-state index is 0.287. The number of rotatable bonds is 7. The quantitative estimate of drug-likeness (QED) is 0.0917. The Balaban J connectivity index is 0.874. The molecule has 0 radical (unpaired) electrons. The highest BCUT2D eigenvalue weighted by atomic mass is 32.2. The number of hydrogen-bond donors (Lipinski definition) is 4. The van der Waals surface area contributed by atoms with Crippen LogP contribution in [0.2, 0.25) is 0 Å². The molecule has 7 unspecified atom stereocenters. The summed E-state index contributed by atoms with van der Waals surface area (Å²) in [6.07, 6.45) is -0.898. The number of thiophene rings is 7. The Morgan fingerprint density at radius 3 is 1.26 bits per heavy atom. The lowest BCUT2D eigenvalue weighted by atomic mass is 9.98. The molecule has 16 heteroatoms. The Kier molecular flexibility index (Phi) is 7.70. The fraction of sp³-hybridized carbons (Fsp3) is 0.263. The van der Waals surface area contributed by atoms with Gasteiger partial charge in [0.2, 0.25) is 0 Å². The standard InChI is InChI=1S/C38H26O8S8/c1-11-3-13-27(43-39)15-5-21(49-33(15)31(13)47-11)23-7-17-29(45-41)19-9-25(53-37(19)35(17)51-23)26-10-20-30(46-42)18-8-24(52-36(18)38(20)54-26)22-6-16-28(44-40)14-4-12(2)48-32(14)34(16)50-22/h3,5-10,12,14,27-30,32,39-42H,4H2,1-2H3. The first-order chi connectivity index (χ1) is 26.3. The zero-order valence-electron chi connectivity index (χ0n) is 28.0. The van der Waals surface area contributed by atoms with E-state index in [0.29, 0.717) is 16.4 Å². The zero-order chi connectivity index (χ0) is 36.3. The van der Waals surface area contributed by atoms with Crippen LogP contribution in [-0.4, -0.2) is 26.3 Å².